The molecule has 37 heavy (non-hydrogen) atoms. The van der Waals surface area contributed by atoms with Gasteiger partial charge in [0.05, 0.1) is 16.3 Å². The predicted octanol–water partition coefficient (Wildman–Crippen LogP) is 5.96. The number of carbonyl (C=O) groups is 2. The van der Waals surface area contributed by atoms with E-state index in [0.717, 1.165) is 6.07 Å². The summed E-state index contributed by atoms with van der Waals surface area (Å²) in [5.74, 6) is -2.02. The van der Waals surface area contributed by atoms with Gasteiger partial charge in [-0.15, -0.1) is 0 Å². The summed E-state index contributed by atoms with van der Waals surface area (Å²) >= 11 is 6.73. The van der Waals surface area contributed by atoms with Gasteiger partial charge in [-0.2, -0.15) is 5.10 Å². The van der Waals surface area contributed by atoms with Gasteiger partial charge in [0.2, 0.25) is 0 Å². The molecule has 0 bridgehead atoms. The van der Waals surface area contributed by atoms with Crippen molar-refractivity contribution in [3.8, 4) is 5.75 Å². The predicted molar refractivity (Wildman–Crippen MR) is 145 cm³/mol. The highest BCUT2D eigenvalue weighted by Crippen LogP contribution is 2.33. The number of nitrogens with zero attached hydrogens (tertiary/aromatic N) is 1. The lowest BCUT2D eigenvalue weighted by Crippen LogP contribution is -2.43. The number of benzene rings is 4. The molecule has 0 atom stereocenters. The van der Waals surface area contributed by atoms with Gasteiger partial charge in [-0.3, -0.25) is 4.79 Å². The lowest BCUT2D eigenvalue weighted by Gasteiger charge is -2.27. The highest BCUT2D eigenvalue weighted by Gasteiger charge is 2.39. The van der Waals surface area contributed by atoms with Crippen LogP contribution in [0.15, 0.2) is 111 Å². The number of hydrogen-bond donors (Lipinski definition) is 2. The first-order valence-electron chi connectivity index (χ1n) is 10.9. The summed E-state index contributed by atoms with van der Waals surface area (Å²) in [6.45, 7) is 0. The van der Waals surface area contributed by atoms with Crippen molar-refractivity contribution in [2.75, 3.05) is 0 Å². The van der Waals surface area contributed by atoms with E-state index in [0.29, 0.717) is 25.6 Å². The molecule has 0 saturated carbocycles. The van der Waals surface area contributed by atoms with Gasteiger partial charge in [-0.25, -0.2) is 14.6 Å². The molecule has 0 spiro atoms. The highest BCUT2D eigenvalue weighted by atomic mass is 79.9. The second-order valence-corrected chi connectivity index (χ2v) is 9.62. The van der Waals surface area contributed by atoms with Gasteiger partial charge in [0, 0.05) is 10.0 Å². The molecule has 4 aromatic carbocycles. The number of hydrazone groups is 1. The number of hydrogen-bond acceptors (Lipinski definition) is 5. The van der Waals surface area contributed by atoms with Gasteiger partial charge >= 0.3 is 5.97 Å². The zero-order valence-electron chi connectivity index (χ0n) is 19.1. The molecule has 0 aliphatic rings. The van der Waals surface area contributed by atoms with E-state index >= 15 is 0 Å². The average Bonchev–Trinajstić information content (AvgIpc) is 2.90. The molecule has 6 nitrogen and oxygen atoms in total. The van der Waals surface area contributed by atoms with Crippen LogP contribution in [0, 0.1) is 5.82 Å². The minimum atomic E-state index is -2.01. The molecule has 0 aromatic heterocycles. The standard InChI is InChI=1S/C28H19Br2FN2O4/c29-22-14-19(25(24(30)16-22)37-26(34)18-8-7-13-23(31)15-18)17-32-33-27(35)28(36,20-9-3-1-4-10-20)21-11-5-2-6-12-21/h1-17,36H,(H,33,35)/b32-17+. The molecular weight excluding hydrogens is 607 g/mol. The fourth-order valence-corrected chi connectivity index (χ4v) is 4.92. The van der Waals surface area contributed by atoms with Crippen LogP contribution in [0.5, 0.6) is 5.75 Å². The third kappa shape index (κ3) is 6.02. The second-order valence-electron chi connectivity index (χ2n) is 7.85. The van der Waals surface area contributed by atoms with Crippen LogP contribution in [0.4, 0.5) is 4.39 Å². The Labute approximate surface area is 229 Å². The maximum atomic E-state index is 13.6. The first-order valence-corrected chi connectivity index (χ1v) is 12.5. The van der Waals surface area contributed by atoms with Gasteiger partial charge in [-0.1, -0.05) is 82.7 Å². The average molecular weight is 626 g/mol. The molecule has 4 rings (SSSR count). The molecule has 0 unspecified atom stereocenters. The number of ether oxygens (including phenoxy) is 1. The molecule has 1 amide bonds. The van der Waals surface area contributed by atoms with E-state index in [1.807, 2.05) is 0 Å². The first kappa shape index (κ1) is 26.4. The maximum Gasteiger partial charge on any atom is 0.343 e. The van der Waals surface area contributed by atoms with Gasteiger partial charge in [-0.05, 0) is 57.4 Å². The fraction of sp³-hybridized carbons (Fsp3) is 0.0357. The quantitative estimate of drug-likeness (QED) is 0.115. The number of carbonyl (C=O) groups excluding carboxylic acids is 2. The third-order valence-electron chi connectivity index (χ3n) is 5.37. The summed E-state index contributed by atoms with van der Waals surface area (Å²) in [5, 5.41) is 15.5. The van der Waals surface area contributed by atoms with E-state index in [9.17, 15) is 19.1 Å². The van der Waals surface area contributed by atoms with E-state index < -0.39 is 23.3 Å². The Morgan fingerprint density at radius 1 is 0.892 bits per heavy atom. The van der Waals surface area contributed by atoms with Crippen LogP contribution < -0.4 is 10.2 Å². The van der Waals surface area contributed by atoms with Gasteiger partial charge in [0.25, 0.3) is 5.91 Å². The molecule has 4 aromatic rings. The summed E-state index contributed by atoms with van der Waals surface area (Å²) in [4.78, 5) is 25.9. The zero-order valence-corrected chi connectivity index (χ0v) is 22.2. The Balaban J connectivity index is 1.62. The summed E-state index contributed by atoms with van der Waals surface area (Å²) in [6, 6.07) is 25.4. The van der Waals surface area contributed by atoms with Crippen molar-refractivity contribution in [2.24, 2.45) is 5.10 Å². The van der Waals surface area contributed by atoms with E-state index in [4.69, 9.17) is 4.74 Å². The molecular formula is C28H19Br2FN2O4. The minimum absolute atomic E-state index is 0.0294. The zero-order chi connectivity index (χ0) is 26.4. The Hall–Kier alpha value is -3.66. The molecule has 9 heteroatoms. The van der Waals surface area contributed by atoms with E-state index in [-0.39, 0.29) is 11.3 Å². The van der Waals surface area contributed by atoms with Crippen molar-refractivity contribution in [3.05, 3.63) is 134 Å². The van der Waals surface area contributed by atoms with Crippen LogP contribution in [0.2, 0.25) is 0 Å². The number of aliphatic hydroxyl groups is 1. The summed E-state index contributed by atoms with van der Waals surface area (Å²) in [7, 11) is 0. The third-order valence-corrected chi connectivity index (χ3v) is 6.42. The number of rotatable bonds is 7. The molecule has 0 fully saturated rings. The van der Waals surface area contributed by atoms with Crippen LogP contribution in [0.3, 0.4) is 0 Å². The largest absolute Gasteiger partial charge is 0.421 e. The van der Waals surface area contributed by atoms with Crippen molar-refractivity contribution in [2.45, 2.75) is 5.60 Å². The molecule has 0 radical (unpaired) electrons. The lowest BCUT2D eigenvalue weighted by atomic mass is 9.85. The van der Waals surface area contributed by atoms with Gasteiger partial charge in [0.15, 0.2) is 11.4 Å². The van der Waals surface area contributed by atoms with Crippen LogP contribution in [-0.4, -0.2) is 23.2 Å². The minimum Gasteiger partial charge on any atom is -0.421 e. The highest BCUT2D eigenvalue weighted by molar-refractivity contribution is 9.11. The van der Waals surface area contributed by atoms with Crippen LogP contribution >= 0.6 is 31.9 Å². The number of nitrogens with one attached hydrogen (secondary N) is 1. The molecule has 0 heterocycles. The van der Waals surface area contributed by atoms with Crippen molar-refractivity contribution in [1.29, 1.82) is 0 Å². The Bertz CT molecular complexity index is 1420. The van der Waals surface area contributed by atoms with Crippen LogP contribution in [-0.2, 0) is 10.4 Å². The van der Waals surface area contributed by atoms with Crippen molar-refractivity contribution < 1.29 is 23.8 Å². The van der Waals surface area contributed by atoms with E-state index in [1.165, 1.54) is 24.4 Å². The lowest BCUT2D eigenvalue weighted by molar-refractivity contribution is -0.136. The molecule has 0 saturated heterocycles. The van der Waals surface area contributed by atoms with Crippen molar-refractivity contribution in [1.82, 2.24) is 5.43 Å². The Morgan fingerprint density at radius 3 is 2.11 bits per heavy atom. The second kappa shape index (κ2) is 11.6. The SMILES string of the molecule is O=C(Oc1c(Br)cc(Br)cc1/C=N/NC(=O)C(O)(c1ccccc1)c1ccccc1)c1cccc(F)c1. The summed E-state index contributed by atoms with van der Waals surface area (Å²) in [5.41, 5.74) is 1.46. The topological polar surface area (TPSA) is 88.0 Å². The van der Waals surface area contributed by atoms with Crippen LogP contribution in [0.1, 0.15) is 27.0 Å². The number of esters is 1. The molecule has 0 aliphatic heterocycles. The normalized spacial score (nSPS) is 11.4. The Morgan fingerprint density at radius 2 is 1.51 bits per heavy atom. The first-order chi connectivity index (χ1) is 17.8. The monoisotopic (exact) mass is 624 g/mol. The van der Waals surface area contributed by atoms with Gasteiger partial charge < -0.3 is 9.84 Å². The molecule has 2 N–H and O–H groups in total. The van der Waals surface area contributed by atoms with E-state index in [1.54, 1.807) is 72.8 Å². The summed E-state index contributed by atoms with van der Waals surface area (Å²) in [6.07, 6.45) is 1.28. The number of halogens is 3. The maximum absolute atomic E-state index is 13.6. The molecule has 0 aliphatic carbocycles. The van der Waals surface area contributed by atoms with Crippen LogP contribution in [0.25, 0.3) is 0 Å². The molecule has 186 valence electrons. The number of amides is 1. The van der Waals surface area contributed by atoms with Crippen molar-refractivity contribution >= 4 is 50.0 Å². The van der Waals surface area contributed by atoms with Crippen molar-refractivity contribution in [3.63, 3.8) is 0 Å². The fourth-order valence-electron chi connectivity index (χ4n) is 3.58. The summed E-state index contributed by atoms with van der Waals surface area (Å²) < 4.78 is 20.1. The van der Waals surface area contributed by atoms with E-state index in [2.05, 4.69) is 42.4 Å². The Kier molecular flexibility index (Phi) is 8.27. The smallest absolute Gasteiger partial charge is 0.343 e. The van der Waals surface area contributed by atoms with Gasteiger partial charge in [0.1, 0.15) is 5.82 Å².